The summed E-state index contributed by atoms with van der Waals surface area (Å²) in [4.78, 5) is 16.4. The zero-order valence-corrected chi connectivity index (χ0v) is 14.7. The lowest BCUT2D eigenvalue weighted by Gasteiger charge is -2.27. The molecule has 0 aromatic carbocycles. The average Bonchev–Trinajstić information content (AvgIpc) is 3.30. The first-order valence-electron chi connectivity index (χ1n) is 8.17. The monoisotopic (exact) mass is 340 g/mol. The van der Waals surface area contributed by atoms with Gasteiger partial charge < -0.3 is 13.9 Å². The van der Waals surface area contributed by atoms with E-state index >= 15 is 0 Å². The van der Waals surface area contributed by atoms with Crippen molar-refractivity contribution in [3.63, 3.8) is 0 Å². The molecule has 0 unspecified atom stereocenters. The first-order valence-corrected chi connectivity index (χ1v) is 9.05. The number of rotatable bonds is 3. The fraction of sp³-hybridized carbons (Fsp3) is 0.316. The van der Waals surface area contributed by atoms with Gasteiger partial charge >= 0.3 is 0 Å². The lowest BCUT2D eigenvalue weighted by Crippen LogP contribution is -2.35. The van der Waals surface area contributed by atoms with Crippen molar-refractivity contribution in [3.8, 4) is 0 Å². The van der Waals surface area contributed by atoms with E-state index < -0.39 is 0 Å². The van der Waals surface area contributed by atoms with Crippen molar-refractivity contribution in [3.05, 3.63) is 69.1 Å². The Morgan fingerprint density at radius 3 is 3.00 bits per heavy atom. The van der Waals surface area contributed by atoms with Gasteiger partial charge in [0, 0.05) is 29.4 Å². The summed E-state index contributed by atoms with van der Waals surface area (Å²) in [5.41, 5.74) is 4.19. The van der Waals surface area contributed by atoms with E-state index in [1.165, 1.54) is 10.4 Å². The molecule has 4 nitrogen and oxygen atoms in total. The van der Waals surface area contributed by atoms with Gasteiger partial charge in [-0.1, -0.05) is 0 Å². The SMILES string of the molecule is Cc1cc(C(=O)N2CCc3sccc3C2)c(C)n1Cc1ccco1. The first kappa shape index (κ1) is 15.3. The number of hydrogen-bond donors (Lipinski definition) is 0. The summed E-state index contributed by atoms with van der Waals surface area (Å²) in [6, 6.07) is 7.99. The van der Waals surface area contributed by atoms with Crippen LogP contribution in [0.25, 0.3) is 0 Å². The second-order valence-corrected chi connectivity index (χ2v) is 7.30. The van der Waals surface area contributed by atoms with Gasteiger partial charge in [0.25, 0.3) is 5.91 Å². The van der Waals surface area contributed by atoms with Gasteiger partial charge in [-0.3, -0.25) is 4.79 Å². The van der Waals surface area contributed by atoms with E-state index in [0.29, 0.717) is 6.54 Å². The van der Waals surface area contributed by atoms with Crippen molar-refractivity contribution in [1.82, 2.24) is 9.47 Å². The van der Waals surface area contributed by atoms with Gasteiger partial charge in [-0.25, -0.2) is 0 Å². The summed E-state index contributed by atoms with van der Waals surface area (Å²) in [6.07, 6.45) is 2.64. The maximum atomic E-state index is 13.0. The molecule has 3 aromatic rings. The lowest BCUT2D eigenvalue weighted by atomic mass is 10.1. The number of furan rings is 1. The number of aromatic nitrogens is 1. The number of aryl methyl sites for hydroxylation is 1. The molecular weight excluding hydrogens is 320 g/mol. The van der Waals surface area contributed by atoms with Crippen molar-refractivity contribution in [2.24, 2.45) is 0 Å². The van der Waals surface area contributed by atoms with Crippen molar-refractivity contribution in [2.75, 3.05) is 6.54 Å². The molecule has 0 spiro atoms. The molecule has 0 fully saturated rings. The first-order chi connectivity index (χ1) is 11.6. The zero-order chi connectivity index (χ0) is 16.7. The van der Waals surface area contributed by atoms with Crippen LogP contribution in [0.5, 0.6) is 0 Å². The van der Waals surface area contributed by atoms with Crippen LogP contribution in [0.4, 0.5) is 0 Å². The molecule has 4 heterocycles. The fourth-order valence-electron chi connectivity index (χ4n) is 3.41. The second kappa shape index (κ2) is 5.98. The van der Waals surface area contributed by atoms with Gasteiger partial charge in [-0.15, -0.1) is 11.3 Å². The van der Waals surface area contributed by atoms with Crippen LogP contribution in [0.15, 0.2) is 40.3 Å². The van der Waals surface area contributed by atoms with Crippen LogP contribution in [0, 0.1) is 13.8 Å². The van der Waals surface area contributed by atoms with E-state index in [-0.39, 0.29) is 5.91 Å². The summed E-state index contributed by atoms with van der Waals surface area (Å²) < 4.78 is 7.59. The maximum absolute atomic E-state index is 13.0. The highest BCUT2D eigenvalue weighted by molar-refractivity contribution is 7.10. The fourth-order valence-corrected chi connectivity index (χ4v) is 4.30. The van der Waals surface area contributed by atoms with E-state index in [2.05, 4.69) is 16.0 Å². The van der Waals surface area contributed by atoms with Crippen LogP contribution in [0.1, 0.15) is 37.9 Å². The average molecular weight is 340 g/mol. The quantitative estimate of drug-likeness (QED) is 0.723. The Hall–Kier alpha value is -2.27. The highest BCUT2D eigenvalue weighted by atomic mass is 32.1. The summed E-state index contributed by atoms with van der Waals surface area (Å²) in [7, 11) is 0. The van der Waals surface area contributed by atoms with Gasteiger partial charge in [0.2, 0.25) is 0 Å². The van der Waals surface area contributed by atoms with Crippen LogP contribution in [0.2, 0.25) is 0 Å². The third-order valence-electron chi connectivity index (χ3n) is 4.79. The minimum Gasteiger partial charge on any atom is -0.467 e. The van der Waals surface area contributed by atoms with E-state index in [0.717, 1.165) is 42.2 Å². The third kappa shape index (κ3) is 2.59. The van der Waals surface area contributed by atoms with Crippen molar-refractivity contribution < 1.29 is 9.21 Å². The van der Waals surface area contributed by atoms with Gasteiger partial charge in [0.05, 0.1) is 18.4 Å². The Kier molecular flexibility index (Phi) is 3.81. The molecule has 0 saturated heterocycles. The minimum absolute atomic E-state index is 0.130. The third-order valence-corrected chi connectivity index (χ3v) is 5.82. The van der Waals surface area contributed by atoms with Crippen molar-refractivity contribution in [1.29, 1.82) is 0 Å². The topological polar surface area (TPSA) is 38.4 Å². The molecule has 0 N–H and O–H groups in total. The van der Waals surface area contributed by atoms with Crippen LogP contribution in [-0.2, 0) is 19.5 Å². The molecule has 5 heteroatoms. The van der Waals surface area contributed by atoms with E-state index in [1.807, 2.05) is 36.9 Å². The normalized spacial score (nSPS) is 14.0. The molecule has 1 aliphatic heterocycles. The molecule has 0 radical (unpaired) electrons. The number of carbonyl (C=O) groups excluding carboxylic acids is 1. The van der Waals surface area contributed by atoms with Crippen LogP contribution in [-0.4, -0.2) is 21.9 Å². The molecule has 124 valence electrons. The number of thiophene rings is 1. The summed E-state index contributed by atoms with van der Waals surface area (Å²) in [5.74, 6) is 1.03. The smallest absolute Gasteiger partial charge is 0.255 e. The summed E-state index contributed by atoms with van der Waals surface area (Å²) in [6.45, 7) is 6.24. The maximum Gasteiger partial charge on any atom is 0.255 e. The number of amides is 1. The summed E-state index contributed by atoms with van der Waals surface area (Å²) in [5, 5.41) is 2.12. The van der Waals surface area contributed by atoms with Crippen molar-refractivity contribution >= 4 is 17.2 Å². The van der Waals surface area contributed by atoms with E-state index in [4.69, 9.17) is 4.42 Å². The number of nitrogens with zero attached hydrogens (tertiary/aromatic N) is 2. The van der Waals surface area contributed by atoms with E-state index in [9.17, 15) is 4.79 Å². The minimum atomic E-state index is 0.130. The number of hydrogen-bond acceptors (Lipinski definition) is 3. The molecule has 4 rings (SSSR count). The zero-order valence-electron chi connectivity index (χ0n) is 13.9. The summed E-state index contributed by atoms with van der Waals surface area (Å²) >= 11 is 1.79. The largest absolute Gasteiger partial charge is 0.467 e. The molecule has 0 atom stereocenters. The molecule has 1 aliphatic rings. The van der Waals surface area contributed by atoms with Gasteiger partial charge in [0.15, 0.2) is 0 Å². The van der Waals surface area contributed by atoms with Gasteiger partial charge in [0.1, 0.15) is 5.76 Å². The van der Waals surface area contributed by atoms with Gasteiger partial charge in [-0.05, 0) is 55.5 Å². The van der Waals surface area contributed by atoms with Crippen molar-refractivity contribution in [2.45, 2.75) is 33.4 Å². The van der Waals surface area contributed by atoms with Crippen LogP contribution < -0.4 is 0 Å². The highest BCUT2D eigenvalue weighted by Crippen LogP contribution is 2.26. The molecule has 1 amide bonds. The Balaban J connectivity index is 1.59. The Labute approximate surface area is 145 Å². The number of fused-ring (bicyclic) bond motifs is 1. The Morgan fingerprint density at radius 2 is 2.21 bits per heavy atom. The molecule has 3 aromatic heterocycles. The lowest BCUT2D eigenvalue weighted by molar-refractivity contribution is 0.0735. The highest BCUT2D eigenvalue weighted by Gasteiger charge is 2.25. The second-order valence-electron chi connectivity index (χ2n) is 6.30. The molecule has 0 saturated carbocycles. The standard InChI is InChI=1S/C19H20N2O2S/c1-13-10-17(14(2)21(13)12-16-4-3-8-23-16)19(22)20-7-5-18-15(11-20)6-9-24-18/h3-4,6,8-10H,5,7,11-12H2,1-2H3. The molecule has 0 bridgehead atoms. The van der Waals surface area contributed by atoms with Crippen LogP contribution in [0.3, 0.4) is 0 Å². The van der Waals surface area contributed by atoms with Crippen LogP contribution >= 0.6 is 11.3 Å². The number of carbonyl (C=O) groups is 1. The molecule has 0 aliphatic carbocycles. The Bertz CT molecular complexity index is 873. The van der Waals surface area contributed by atoms with Gasteiger partial charge in [-0.2, -0.15) is 0 Å². The molecule has 24 heavy (non-hydrogen) atoms. The molecular formula is C19H20N2O2S. The van der Waals surface area contributed by atoms with E-state index in [1.54, 1.807) is 17.6 Å². The predicted molar refractivity (Wildman–Crippen MR) is 94.5 cm³/mol. The predicted octanol–water partition coefficient (Wildman–Crippen LogP) is 4.01. The Morgan fingerprint density at radius 1 is 1.33 bits per heavy atom.